The monoisotopic (exact) mass is 414 g/mol. The number of alkyl carbamates (subject to hydrolysis) is 1. The van der Waals surface area contributed by atoms with Gasteiger partial charge in [-0.25, -0.2) is 4.79 Å². The number of carbonyl (C=O) groups excluding carboxylic acids is 1. The van der Waals surface area contributed by atoms with Gasteiger partial charge in [-0.1, -0.05) is 15.9 Å². The second-order valence-corrected chi connectivity index (χ2v) is 7.07. The van der Waals surface area contributed by atoms with Gasteiger partial charge in [0, 0.05) is 24.6 Å². The van der Waals surface area contributed by atoms with Crippen molar-refractivity contribution < 1.29 is 14.3 Å². The summed E-state index contributed by atoms with van der Waals surface area (Å²) < 4.78 is 11.8. The van der Waals surface area contributed by atoms with Crippen molar-refractivity contribution in [2.45, 2.75) is 26.4 Å². The highest BCUT2D eigenvalue weighted by molar-refractivity contribution is 9.10. The molecule has 0 fully saturated rings. The molecular formula is C17H27BrN4O3. The number of carbonyl (C=O) groups is 1. The summed E-state index contributed by atoms with van der Waals surface area (Å²) in [6, 6.07) is 7.67. The Morgan fingerprint density at radius 1 is 1.08 bits per heavy atom. The van der Waals surface area contributed by atoms with Crippen LogP contribution in [0, 0.1) is 0 Å². The highest BCUT2D eigenvalue weighted by atomic mass is 79.9. The van der Waals surface area contributed by atoms with Gasteiger partial charge < -0.3 is 25.4 Å². The predicted octanol–water partition coefficient (Wildman–Crippen LogP) is 2.52. The van der Waals surface area contributed by atoms with E-state index in [1.807, 2.05) is 45.0 Å². The van der Waals surface area contributed by atoms with Gasteiger partial charge in [0.25, 0.3) is 0 Å². The zero-order valence-electron chi connectivity index (χ0n) is 15.2. The Kier molecular flexibility index (Phi) is 9.12. The molecule has 0 aliphatic heterocycles. The molecule has 0 spiro atoms. The number of benzene rings is 1. The first-order chi connectivity index (χ1) is 11.8. The summed E-state index contributed by atoms with van der Waals surface area (Å²) >= 11 is 3.38. The van der Waals surface area contributed by atoms with Crippen LogP contribution in [0.3, 0.4) is 0 Å². The minimum Gasteiger partial charge on any atom is -0.492 e. The fraction of sp³-hybridized carbons (Fsp3) is 0.529. The van der Waals surface area contributed by atoms with E-state index < -0.39 is 11.7 Å². The maximum Gasteiger partial charge on any atom is 0.407 e. The molecule has 0 aliphatic rings. The highest BCUT2D eigenvalue weighted by Gasteiger charge is 2.15. The predicted molar refractivity (Wildman–Crippen MR) is 103 cm³/mol. The maximum absolute atomic E-state index is 11.5. The molecule has 0 heterocycles. The van der Waals surface area contributed by atoms with Crippen molar-refractivity contribution >= 4 is 28.0 Å². The standard InChI is InChI=1S/C17H27BrN4O3/c1-17(2,3)25-16(23)22-10-9-20-15(19-4)21-11-12-24-14-7-5-13(18)6-8-14/h5-8H,9-12H2,1-4H3,(H,22,23)(H2,19,20,21). The van der Waals surface area contributed by atoms with Crippen molar-refractivity contribution in [3.63, 3.8) is 0 Å². The molecule has 0 atom stereocenters. The molecule has 0 unspecified atom stereocenters. The topological polar surface area (TPSA) is 84.0 Å². The van der Waals surface area contributed by atoms with E-state index in [9.17, 15) is 4.79 Å². The molecule has 0 aromatic heterocycles. The quantitative estimate of drug-likeness (QED) is 0.362. The van der Waals surface area contributed by atoms with Gasteiger partial charge in [0.05, 0.1) is 6.54 Å². The Labute approximate surface area is 157 Å². The number of hydrogen-bond acceptors (Lipinski definition) is 4. The highest BCUT2D eigenvalue weighted by Crippen LogP contribution is 2.15. The molecular weight excluding hydrogens is 388 g/mol. The molecule has 0 saturated carbocycles. The van der Waals surface area contributed by atoms with E-state index in [1.165, 1.54) is 0 Å². The largest absolute Gasteiger partial charge is 0.492 e. The molecule has 0 saturated heterocycles. The molecule has 140 valence electrons. The van der Waals surface area contributed by atoms with Gasteiger partial charge in [0.15, 0.2) is 5.96 Å². The normalized spacial score (nSPS) is 11.6. The first-order valence-corrected chi connectivity index (χ1v) is 8.89. The fourth-order valence-electron chi connectivity index (χ4n) is 1.75. The smallest absolute Gasteiger partial charge is 0.407 e. The van der Waals surface area contributed by atoms with Crippen LogP contribution in [-0.4, -0.2) is 50.9 Å². The lowest BCUT2D eigenvalue weighted by Crippen LogP contribution is -2.43. The number of guanidine groups is 1. The molecule has 0 aliphatic carbocycles. The second-order valence-electron chi connectivity index (χ2n) is 6.16. The molecule has 7 nitrogen and oxygen atoms in total. The Balaban J connectivity index is 2.14. The summed E-state index contributed by atoms with van der Waals surface area (Å²) in [6.07, 6.45) is -0.430. The third-order valence-electron chi connectivity index (χ3n) is 2.79. The van der Waals surface area contributed by atoms with Crippen LogP contribution in [0.25, 0.3) is 0 Å². The summed E-state index contributed by atoms with van der Waals surface area (Å²) in [5.41, 5.74) is -0.496. The minimum absolute atomic E-state index is 0.430. The van der Waals surface area contributed by atoms with Gasteiger partial charge in [-0.2, -0.15) is 0 Å². The number of halogens is 1. The summed E-state index contributed by atoms with van der Waals surface area (Å²) in [5.74, 6) is 1.46. The Morgan fingerprint density at radius 3 is 2.28 bits per heavy atom. The number of nitrogens with one attached hydrogen (secondary N) is 3. The van der Waals surface area contributed by atoms with Gasteiger partial charge in [0.2, 0.25) is 0 Å². The Hall–Kier alpha value is -1.96. The summed E-state index contributed by atoms with van der Waals surface area (Å²) in [7, 11) is 1.69. The molecule has 25 heavy (non-hydrogen) atoms. The van der Waals surface area contributed by atoms with Crippen LogP contribution in [0.2, 0.25) is 0 Å². The van der Waals surface area contributed by atoms with Gasteiger partial charge >= 0.3 is 6.09 Å². The lowest BCUT2D eigenvalue weighted by molar-refractivity contribution is 0.0529. The van der Waals surface area contributed by atoms with E-state index >= 15 is 0 Å². The van der Waals surface area contributed by atoms with E-state index in [0.29, 0.717) is 32.2 Å². The van der Waals surface area contributed by atoms with Crippen LogP contribution in [0.15, 0.2) is 33.7 Å². The van der Waals surface area contributed by atoms with Crippen LogP contribution in [0.4, 0.5) is 4.79 Å². The Bertz CT molecular complexity index is 556. The third-order valence-corrected chi connectivity index (χ3v) is 3.31. The zero-order valence-corrected chi connectivity index (χ0v) is 16.8. The van der Waals surface area contributed by atoms with Crippen molar-refractivity contribution in [1.29, 1.82) is 0 Å². The van der Waals surface area contributed by atoms with E-state index in [2.05, 4.69) is 36.9 Å². The maximum atomic E-state index is 11.5. The van der Waals surface area contributed by atoms with E-state index in [4.69, 9.17) is 9.47 Å². The third kappa shape index (κ3) is 10.5. The van der Waals surface area contributed by atoms with Crippen LogP contribution in [-0.2, 0) is 4.74 Å². The number of amides is 1. The zero-order chi connectivity index (χ0) is 18.7. The van der Waals surface area contributed by atoms with Crippen LogP contribution in [0.5, 0.6) is 5.75 Å². The second kappa shape index (κ2) is 10.8. The molecule has 1 aromatic carbocycles. The summed E-state index contributed by atoms with van der Waals surface area (Å²) in [5, 5.41) is 8.92. The molecule has 1 amide bonds. The van der Waals surface area contributed by atoms with Gasteiger partial charge in [-0.3, -0.25) is 4.99 Å². The summed E-state index contributed by atoms with van der Waals surface area (Å²) in [6.45, 7) is 7.57. The fourth-order valence-corrected chi connectivity index (χ4v) is 2.01. The van der Waals surface area contributed by atoms with Crippen LogP contribution < -0.4 is 20.7 Å². The average molecular weight is 415 g/mol. The first kappa shape index (κ1) is 21.1. The average Bonchev–Trinajstić information content (AvgIpc) is 2.53. The van der Waals surface area contributed by atoms with E-state index in [-0.39, 0.29) is 0 Å². The molecule has 8 heteroatoms. The van der Waals surface area contributed by atoms with Crippen molar-refractivity contribution in [3.8, 4) is 5.75 Å². The molecule has 0 bridgehead atoms. The number of nitrogens with zero attached hydrogens (tertiary/aromatic N) is 1. The molecule has 3 N–H and O–H groups in total. The SMILES string of the molecule is CN=C(NCCNC(=O)OC(C)(C)C)NCCOc1ccc(Br)cc1. The van der Waals surface area contributed by atoms with E-state index in [0.717, 1.165) is 10.2 Å². The lowest BCUT2D eigenvalue weighted by atomic mass is 10.2. The van der Waals surface area contributed by atoms with Crippen LogP contribution in [0.1, 0.15) is 20.8 Å². The van der Waals surface area contributed by atoms with Crippen molar-refractivity contribution in [2.75, 3.05) is 33.3 Å². The first-order valence-electron chi connectivity index (χ1n) is 8.10. The molecule has 1 rings (SSSR count). The van der Waals surface area contributed by atoms with Crippen molar-refractivity contribution in [3.05, 3.63) is 28.7 Å². The van der Waals surface area contributed by atoms with Gasteiger partial charge in [-0.15, -0.1) is 0 Å². The number of hydrogen-bond donors (Lipinski definition) is 3. The van der Waals surface area contributed by atoms with Gasteiger partial charge in [-0.05, 0) is 45.0 Å². The van der Waals surface area contributed by atoms with Crippen molar-refractivity contribution in [2.24, 2.45) is 4.99 Å². The van der Waals surface area contributed by atoms with E-state index in [1.54, 1.807) is 7.05 Å². The number of aliphatic imine (C=N–C) groups is 1. The minimum atomic E-state index is -0.496. The summed E-state index contributed by atoms with van der Waals surface area (Å²) in [4.78, 5) is 15.6. The van der Waals surface area contributed by atoms with Crippen molar-refractivity contribution in [1.82, 2.24) is 16.0 Å². The number of ether oxygens (including phenoxy) is 2. The lowest BCUT2D eigenvalue weighted by Gasteiger charge is -2.19. The number of rotatable bonds is 7. The van der Waals surface area contributed by atoms with Crippen LogP contribution >= 0.6 is 15.9 Å². The molecule has 1 aromatic rings. The van der Waals surface area contributed by atoms with Gasteiger partial charge in [0.1, 0.15) is 18.0 Å². The Morgan fingerprint density at radius 2 is 1.68 bits per heavy atom. The molecule has 0 radical (unpaired) electrons.